The van der Waals surface area contributed by atoms with Gasteiger partial charge in [-0.1, -0.05) is 41.6 Å². The van der Waals surface area contributed by atoms with E-state index < -0.39 is 0 Å². The summed E-state index contributed by atoms with van der Waals surface area (Å²) in [4.78, 5) is 20.6. The van der Waals surface area contributed by atoms with Crippen molar-refractivity contribution in [3.05, 3.63) is 70.3 Å². The Balaban J connectivity index is 1.38. The fourth-order valence-corrected chi connectivity index (χ4v) is 5.18. The second kappa shape index (κ2) is 10.7. The molecule has 0 aliphatic carbocycles. The molecule has 1 aliphatic heterocycles. The lowest BCUT2D eigenvalue weighted by molar-refractivity contribution is 0.0368. The number of benzene rings is 2. The van der Waals surface area contributed by atoms with E-state index in [-0.39, 0.29) is 10.8 Å². The molecule has 0 spiro atoms. The predicted molar refractivity (Wildman–Crippen MR) is 137 cm³/mol. The summed E-state index contributed by atoms with van der Waals surface area (Å²) in [5.74, 6) is 0.999. The topological polar surface area (TPSA) is 86.3 Å². The van der Waals surface area contributed by atoms with E-state index in [2.05, 4.69) is 15.1 Å². The van der Waals surface area contributed by atoms with E-state index >= 15 is 0 Å². The summed E-state index contributed by atoms with van der Waals surface area (Å²) >= 11 is 1.47. The molecule has 2 aromatic carbocycles. The van der Waals surface area contributed by atoms with Gasteiger partial charge >= 0.3 is 0 Å². The van der Waals surface area contributed by atoms with Gasteiger partial charge in [0.2, 0.25) is 11.8 Å². The Morgan fingerprint density at radius 3 is 2.71 bits per heavy atom. The standard InChI is InChI=1S/C26H29N5O3S/c1-18-7-5-8-20(17-18)24-29-28-23(34-24)19(2)35-26-27-22-10-4-3-9-21(22)25(32)31(26)12-6-11-30-13-15-33-16-14-30/h3-5,7-10,17,19H,6,11-16H2,1-2H3. The molecule has 1 unspecified atom stereocenters. The maximum atomic E-state index is 13.4. The number of aryl methyl sites for hydroxylation is 1. The first-order valence-electron chi connectivity index (χ1n) is 12.0. The third-order valence-electron chi connectivity index (χ3n) is 6.12. The van der Waals surface area contributed by atoms with Gasteiger partial charge in [0, 0.05) is 31.7 Å². The molecule has 1 aliphatic rings. The molecule has 4 aromatic rings. The zero-order valence-electron chi connectivity index (χ0n) is 20.0. The molecule has 0 bridgehead atoms. The van der Waals surface area contributed by atoms with Crippen LogP contribution in [-0.2, 0) is 11.3 Å². The van der Waals surface area contributed by atoms with Crippen LogP contribution in [0.1, 0.15) is 30.0 Å². The van der Waals surface area contributed by atoms with Crippen molar-refractivity contribution in [1.82, 2.24) is 24.6 Å². The van der Waals surface area contributed by atoms with Crippen LogP contribution in [0.4, 0.5) is 0 Å². The van der Waals surface area contributed by atoms with Crippen molar-refractivity contribution < 1.29 is 9.15 Å². The minimum atomic E-state index is -0.167. The lowest BCUT2D eigenvalue weighted by Crippen LogP contribution is -2.37. The monoisotopic (exact) mass is 491 g/mol. The number of nitrogens with zero attached hydrogens (tertiary/aromatic N) is 5. The van der Waals surface area contributed by atoms with E-state index in [1.165, 1.54) is 11.8 Å². The van der Waals surface area contributed by atoms with Gasteiger partial charge in [-0.3, -0.25) is 14.3 Å². The molecular weight excluding hydrogens is 462 g/mol. The molecule has 1 saturated heterocycles. The van der Waals surface area contributed by atoms with Crippen molar-refractivity contribution in [1.29, 1.82) is 0 Å². The SMILES string of the molecule is Cc1cccc(-c2nnc(C(C)Sc3nc4ccccc4c(=O)n3CCCN3CCOCC3)o2)c1. The average Bonchev–Trinajstić information content (AvgIpc) is 3.37. The van der Waals surface area contributed by atoms with E-state index in [0.29, 0.717) is 34.4 Å². The van der Waals surface area contributed by atoms with Crippen LogP contribution in [0.15, 0.2) is 62.9 Å². The average molecular weight is 492 g/mol. The van der Waals surface area contributed by atoms with Crippen LogP contribution < -0.4 is 5.56 Å². The van der Waals surface area contributed by atoms with Gasteiger partial charge < -0.3 is 9.15 Å². The minimum absolute atomic E-state index is 0.0155. The summed E-state index contributed by atoms with van der Waals surface area (Å²) in [6, 6.07) is 15.5. The summed E-state index contributed by atoms with van der Waals surface area (Å²) in [6.45, 7) is 8.96. The molecule has 0 saturated carbocycles. The van der Waals surface area contributed by atoms with Crippen molar-refractivity contribution in [2.75, 3.05) is 32.8 Å². The molecule has 0 N–H and O–H groups in total. The lowest BCUT2D eigenvalue weighted by atomic mass is 10.1. The zero-order valence-corrected chi connectivity index (χ0v) is 20.8. The highest BCUT2D eigenvalue weighted by molar-refractivity contribution is 7.99. The Morgan fingerprint density at radius 2 is 1.89 bits per heavy atom. The summed E-state index contributed by atoms with van der Waals surface area (Å²) in [5.41, 5.74) is 2.71. The van der Waals surface area contributed by atoms with Crippen LogP contribution in [0.3, 0.4) is 0 Å². The van der Waals surface area contributed by atoms with Crippen molar-refractivity contribution in [2.24, 2.45) is 0 Å². The molecule has 3 heterocycles. The largest absolute Gasteiger partial charge is 0.419 e. The Morgan fingerprint density at radius 1 is 1.06 bits per heavy atom. The third-order valence-corrected chi connectivity index (χ3v) is 7.20. The van der Waals surface area contributed by atoms with Gasteiger partial charge in [0.05, 0.1) is 29.4 Å². The Bertz CT molecular complexity index is 1360. The second-order valence-electron chi connectivity index (χ2n) is 8.75. The van der Waals surface area contributed by atoms with Gasteiger partial charge in [0.1, 0.15) is 0 Å². The van der Waals surface area contributed by atoms with Gasteiger partial charge in [-0.25, -0.2) is 4.98 Å². The molecule has 2 aromatic heterocycles. The highest BCUT2D eigenvalue weighted by Gasteiger charge is 2.21. The first-order valence-corrected chi connectivity index (χ1v) is 12.8. The maximum absolute atomic E-state index is 13.4. The molecular formula is C26H29N5O3S. The van der Waals surface area contributed by atoms with Gasteiger partial charge in [0.25, 0.3) is 5.56 Å². The normalized spacial score (nSPS) is 15.5. The number of fused-ring (bicyclic) bond motifs is 1. The number of thioether (sulfide) groups is 1. The predicted octanol–water partition coefficient (Wildman–Crippen LogP) is 4.33. The third kappa shape index (κ3) is 5.47. The number of para-hydroxylation sites is 1. The van der Waals surface area contributed by atoms with E-state index in [1.807, 2.05) is 62.4 Å². The smallest absolute Gasteiger partial charge is 0.262 e. The molecule has 5 rings (SSSR count). The second-order valence-corrected chi connectivity index (χ2v) is 10.1. The number of ether oxygens (including phenoxy) is 1. The van der Waals surface area contributed by atoms with Crippen molar-refractivity contribution in [3.63, 3.8) is 0 Å². The summed E-state index contributed by atoms with van der Waals surface area (Å²) in [6.07, 6.45) is 0.861. The first-order chi connectivity index (χ1) is 17.1. The molecule has 1 fully saturated rings. The fourth-order valence-electron chi connectivity index (χ4n) is 4.21. The Labute approximate surface area is 208 Å². The van der Waals surface area contributed by atoms with Crippen LogP contribution in [-0.4, -0.2) is 57.5 Å². The Kier molecular flexibility index (Phi) is 7.26. The maximum Gasteiger partial charge on any atom is 0.262 e. The molecule has 0 amide bonds. The Hall–Kier alpha value is -3.01. The van der Waals surface area contributed by atoms with Crippen LogP contribution in [0.25, 0.3) is 22.4 Å². The summed E-state index contributed by atoms with van der Waals surface area (Å²) < 4.78 is 13.2. The number of hydrogen-bond acceptors (Lipinski definition) is 8. The fraction of sp³-hybridized carbons (Fsp3) is 0.385. The van der Waals surface area contributed by atoms with Gasteiger partial charge in [-0.2, -0.15) is 0 Å². The van der Waals surface area contributed by atoms with Crippen molar-refractivity contribution in [2.45, 2.75) is 37.2 Å². The molecule has 182 valence electrons. The van der Waals surface area contributed by atoms with E-state index in [9.17, 15) is 4.79 Å². The van der Waals surface area contributed by atoms with E-state index in [0.717, 1.165) is 50.4 Å². The zero-order chi connectivity index (χ0) is 24.2. The highest BCUT2D eigenvalue weighted by atomic mass is 32.2. The van der Waals surface area contributed by atoms with Crippen LogP contribution >= 0.6 is 11.8 Å². The molecule has 35 heavy (non-hydrogen) atoms. The van der Waals surface area contributed by atoms with Crippen LogP contribution in [0, 0.1) is 6.92 Å². The van der Waals surface area contributed by atoms with E-state index in [1.54, 1.807) is 4.57 Å². The van der Waals surface area contributed by atoms with Crippen molar-refractivity contribution >= 4 is 22.7 Å². The molecule has 0 radical (unpaired) electrons. The minimum Gasteiger partial charge on any atom is -0.419 e. The molecule has 8 nitrogen and oxygen atoms in total. The number of morpholine rings is 1. The number of rotatable bonds is 8. The van der Waals surface area contributed by atoms with Crippen LogP contribution in [0.5, 0.6) is 0 Å². The van der Waals surface area contributed by atoms with Gasteiger partial charge in [-0.05, 0) is 44.5 Å². The number of hydrogen-bond donors (Lipinski definition) is 0. The molecule has 1 atom stereocenters. The van der Waals surface area contributed by atoms with Crippen LogP contribution in [0.2, 0.25) is 0 Å². The first kappa shape index (κ1) is 23.7. The van der Waals surface area contributed by atoms with Gasteiger partial charge in [0.15, 0.2) is 5.16 Å². The van der Waals surface area contributed by atoms with Crippen molar-refractivity contribution in [3.8, 4) is 11.5 Å². The quantitative estimate of drug-likeness (QED) is 0.266. The number of aromatic nitrogens is 4. The van der Waals surface area contributed by atoms with Gasteiger partial charge in [-0.15, -0.1) is 10.2 Å². The van der Waals surface area contributed by atoms with E-state index in [4.69, 9.17) is 14.1 Å². The lowest BCUT2D eigenvalue weighted by Gasteiger charge is -2.26. The summed E-state index contributed by atoms with van der Waals surface area (Å²) in [7, 11) is 0. The molecule has 9 heteroatoms. The highest BCUT2D eigenvalue weighted by Crippen LogP contribution is 2.34. The summed E-state index contributed by atoms with van der Waals surface area (Å²) in [5, 5.41) is 9.66.